The second-order valence-corrected chi connectivity index (χ2v) is 8.16. The van der Waals surface area contributed by atoms with Crippen molar-refractivity contribution in [1.82, 2.24) is 19.3 Å². The Labute approximate surface area is 169 Å². The lowest BCUT2D eigenvalue weighted by Crippen LogP contribution is -2.58. The quantitative estimate of drug-likeness (QED) is 0.710. The molecule has 0 unspecified atom stereocenters. The Hall–Kier alpha value is -2.68. The maximum absolute atomic E-state index is 13.1. The zero-order chi connectivity index (χ0) is 21.3. The van der Waals surface area contributed by atoms with Gasteiger partial charge in [0, 0.05) is 44.5 Å². The van der Waals surface area contributed by atoms with Crippen LogP contribution < -0.4 is 5.56 Å². The van der Waals surface area contributed by atoms with E-state index in [4.69, 9.17) is 0 Å². The molecule has 3 rings (SSSR count). The molecule has 2 aliphatic rings. The molecule has 0 radical (unpaired) electrons. The summed E-state index contributed by atoms with van der Waals surface area (Å²) < 4.78 is 1.39. The summed E-state index contributed by atoms with van der Waals surface area (Å²) in [7, 11) is 1.62. The minimum absolute atomic E-state index is 0.0238. The van der Waals surface area contributed by atoms with Crippen LogP contribution in [0.2, 0.25) is 0 Å². The minimum atomic E-state index is -0.972. The molecule has 9 nitrogen and oxygen atoms in total. The highest BCUT2D eigenvalue weighted by Gasteiger charge is 2.58. The molecular weight excluding hydrogens is 376 g/mol. The highest BCUT2D eigenvalue weighted by molar-refractivity contribution is 6.07. The molecule has 1 N–H and O–H groups in total. The van der Waals surface area contributed by atoms with E-state index < -0.39 is 5.54 Å². The van der Waals surface area contributed by atoms with Crippen molar-refractivity contribution in [1.29, 1.82) is 0 Å². The number of amides is 4. The molecule has 3 heterocycles. The molecule has 2 aliphatic heterocycles. The molecule has 0 aliphatic carbocycles. The largest absolute Gasteiger partial charge is 0.395 e. The topological polar surface area (TPSA) is 103 Å². The summed E-state index contributed by atoms with van der Waals surface area (Å²) in [5.41, 5.74) is -0.914. The highest BCUT2D eigenvalue weighted by atomic mass is 16.3. The van der Waals surface area contributed by atoms with Crippen LogP contribution in [0.1, 0.15) is 37.0 Å². The number of aliphatic hydroxyl groups excluding tert-OH is 1. The number of imide groups is 1. The lowest BCUT2D eigenvalue weighted by Gasteiger charge is -2.42. The van der Waals surface area contributed by atoms with E-state index in [2.05, 4.69) is 0 Å². The maximum atomic E-state index is 13.1. The Morgan fingerprint density at radius 2 is 1.86 bits per heavy atom. The van der Waals surface area contributed by atoms with Gasteiger partial charge in [0.15, 0.2) is 0 Å². The summed E-state index contributed by atoms with van der Waals surface area (Å²) in [4.78, 5) is 54.9. The Kier molecular flexibility index (Phi) is 5.79. The van der Waals surface area contributed by atoms with Gasteiger partial charge in [-0.15, -0.1) is 0 Å². The summed E-state index contributed by atoms with van der Waals surface area (Å²) in [6, 6.07) is 2.54. The average molecular weight is 404 g/mol. The number of piperidine rings is 1. The van der Waals surface area contributed by atoms with Gasteiger partial charge in [0.2, 0.25) is 0 Å². The van der Waals surface area contributed by atoms with Gasteiger partial charge in [0.05, 0.1) is 13.2 Å². The number of pyridine rings is 1. The summed E-state index contributed by atoms with van der Waals surface area (Å²) in [6.07, 6.45) is 2.23. The van der Waals surface area contributed by atoms with Crippen molar-refractivity contribution in [3.63, 3.8) is 0 Å². The number of aryl methyl sites for hydroxylation is 1. The van der Waals surface area contributed by atoms with E-state index in [0.29, 0.717) is 38.0 Å². The number of urea groups is 1. The van der Waals surface area contributed by atoms with Gasteiger partial charge in [-0.1, -0.05) is 13.8 Å². The normalized spacial score (nSPS) is 19.0. The van der Waals surface area contributed by atoms with E-state index in [1.54, 1.807) is 29.1 Å². The van der Waals surface area contributed by atoms with Crippen LogP contribution in [-0.2, 0) is 11.8 Å². The Morgan fingerprint density at radius 1 is 1.21 bits per heavy atom. The van der Waals surface area contributed by atoms with Crippen LogP contribution in [0.25, 0.3) is 0 Å². The molecule has 0 atom stereocenters. The Morgan fingerprint density at radius 3 is 2.41 bits per heavy atom. The van der Waals surface area contributed by atoms with Gasteiger partial charge in [-0.2, -0.15) is 0 Å². The number of nitrogens with zero attached hydrogens (tertiary/aromatic N) is 4. The number of carbonyl (C=O) groups excluding carboxylic acids is 3. The van der Waals surface area contributed by atoms with Crippen LogP contribution in [0.4, 0.5) is 4.79 Å². The molecule has 1 aromatic rings. The molecular formula is C20H28N4O5. The van der Waals surface area contributed by atoms with Crippen LogP contribution in [0.5, 0.6) is 0 Å². The predicted molar refractivity (Wildman–Crippen MR) is 105 cm³/mol. The summed E-state index contributed by atoms with van der Waals surface area (Å²) in [5, 5.41) is 9.26. The lowest BCUT2D eigenvalue weighted by atomic mass is 9.85. The second-order valence-electron chi connectivity index (χ2n) is 8.16. The minimum Gasteiger partial charge on any atom is -0.395 e. The number of aliphatic hydroxyl groups is 1. The summed E-state index contributed by atoms with van der Waals surface area (Å²) in [5.74, 6) is -0.368. The van der Waals surface area contributed by atoms with Crippen LogP contribution in [-0.4, -0.2) is 80.5 Å². The number of β-amino-alcohol motifs (C(OH)–C–C–N with tert-alkyl or cyclic N) is 1. The van der Waals surface area contributed by atoms with Crippen molar-refractivity contribution in [2.45, 2.75) is 32.2 Å². The van der Waals surface area contributed by atoms with Gasteiger partial charge < -0.3 is 19.5 Å². The smallest absolute Gasteiger partial charge is 0.327 e. The molecule has 1 aromatic heterocycles. The first kappa shape index (κ1) is 21.0. The number of carbonyl (C=O) groups is 3. The average Bonchev–Trinajstić information content (AvgIpc) is 2.86. The zero-order valence-electron chi connectivity index (χ0n) is 17.1. The first-order valence-corrected chi connectivity index (χ1v) is 9.91. The van der Waals surface area contributed by atoms with E-state index in [1.807, 2.05) is 13.8 Å². The molecule has 0 aromatic carbocycles. The first-order chi connectivity index (χ1) is 13.7. The molecule has 2 saturated heterocycles. The van der Waals surface area contributed by atoms with Gasteiger partial charge in [-0.25, -0.2) is 4.79 Å². The van der Waals surface area contributed by atoms with Crippen LogP contribution in [0.3, 0.4) is 0 Å². The predicted octanol–water partition coefficient (Wildman–Crippen LogP) is 0.273. The molecule has 2 fully saturated rings. The van der Waals surface area contributed by atoms with E-state index in [9.17, 15) is 24.3 Å². The molecule has 158 valence electrons. The zero-order valence-corrected chi connectivity index (χ0v) is 17.1. The maximum Gasteiger partial charge on any atom is 0.327 e. The third-order valence-electron chi connectivity index (χ3n) is 5.72. The fourth-order valence-electron chi connectivity index (χ4n) is 4.13. The fourth-order valence-corrected chi connectivity index (χ4v) is 4.13. The SMILES string of the molecule is CC(C)CN1C(=O)N(CCO)C(=O)C12CCN(C(=O)c1ccn(C)c(=O)c1)CC2. The van der Waals surface area contributed by atoms with Crippen molar-refractivity contribution in [2.75, 3.05) is 32.8 Å². The van der Waals surface area contributed by atoms with Gasteiger partial charge >= 0.3 is 6.03 Å². The van der Waals surface area contributed by atoms with Gasteiger partial charge in [-0.05, 0) is 24.8 Å². The van der Waals surface area contributed by atoms with Crippen molar-refractivity contribution in [3.8, 4) is 0 Å². The van der Waals surface area contributed by atoms with Gasteiger partial charge in [-0.3, -0.25) is 19.3 Å². The number of likely N-dealkylation sites (tertiary alicyclic amines) is 1. The molecule has 29 heavy (non-hydrogen) atoms. The van der Waals surface area contributed by atoms with E-state index in [1.165, 1.54) is 10.6 Å². The number of aromatic nitrogens is 1. The third kappa shape index (κ3) is 3.66. The van der Waals surface area contributed by atoms with Crippen molar-refractivity contribution >= 4 is 17.8 Å². The summed E-state index contributed by atoms with van der Waals surface area (Å²) >= 11 is 0. The Balaban J connectivity index is 1.81. The fraction of sp³-hybridized carbons (Fsp3) is 0.600. The van der Waals surface area contributed by atoms with Crippen LogP contribution >= 0.6 is 0 Å². The van der Waals surface area contributed by atoms with Crippen molar-refractivity contribution < 1.29 is 19.5 Å². The van der Waals surface area contributed by atoms with Crippen LogP contribution in [0, 0.1) is 5.92 Å². The molecule has 0 saturated carbocycles. The monoisotopic (exact) mass is 404 g/mol. The number of rotatable bonds is 5. The van der Waals surface area contributed by atoms with Gasteiger partial charge in [0.1, 0.15) is 5.54 Å². The van der Waals surface area contributed by atoms with E-state index in [0.717, 1.165) is 4.90 Å². The first-order valence-electron chi connectivity index (χ1n) is 9.91. The Bertz CT molecular complexity index is 870. The summed E-state index contributed by atoms with van der Waals surface area (Å²) in [6.45, 7) is 4.72. The van der Waals surface area contributed by atoms with Crippen molar-refractivity contribution in [3.05, 3.63) is 34.2 Å². The van der Waals surface area contributed by atoms with E-state index >= 15 is 0 Å². The molecule has 4 amide bonds. The lowest BCUT2D eigenvalue weighted by molar-refractivity contribution is -0.135. The molecule has 0 bridgehead atoms. The standard InChI is InChI=1S/C20H28N4O5/c1-14(2)13-24-19(29)23(10-11-25)18(28)20(24)5-8-22(9-6-20)17(27)15-4-7-21(3)16(26)12-15/h4,7,12,14,25H,5-6,8-11,13H2,1-3H3. The molecule has 9 heteroatoms. The highest BCUT2D eigenvalue weighted by Crippen LogP contribution is 2.38. The second kappa shape index (κ2) is 7.98. The van der Waals surface area contributed by atoms with E-state index in [-0.39, 0.29) is 42.5 Å². The molecule has 1 spiro atoms. The van der Waals surface area contributed by atoms with Crippen molar-refractivity contribution in [2.24, 2.45) is 13.0 Å². The van der Waals surface area contributed by atoms with Crippen LogP contribution in [0.15, 0.2) is 23.1 Å². The number of hydrogen-bond acceptors (Lipinski definition) is 5. The number of hydrogen-bond donors (Lipinski definition) is 1. The van der Waals surface area contributed by atoms with Gasteiger partial charge in [0.25, 0.3) is 17.4 Å². The third-order valence-corrected chi connectivity index (χ3v) is 5.72.